The Morgan fingerprint density at radius 2 is 2.04 bits per heavy atom. The fourth-order valence-electron chi connectivity index (χ4n) is 2.30. The van der Waals surface area contributed by atoms with Crippen molar-refractivity contribution < 1.29 is 4.74 Å². The van der Waals surface area contributed by atoms with Crippen LogP contribution in [0.4, 0.5) is 11.9 Å². The van der Waals surface area contributed by atoms with Gasteiger partial charge in [0.15, 0.2) is 4.32 Å². The number of hydrogen-bond acceptors (Lipinski definition) is 7. The van der Waals surface area contributed by atoms with Crippen LogP contribution in [0, 0.1) is 0 Å². The highest BCUT2D eigenvalue weighted by molar-refractivity contribution is 8.22. The van der Waals surface area contributed by atoms with Gasteiger partial charge >= 0.3 is 0 Å². The standard InChI is InChI=1S/C15H19N5OS2/c1-23-15(22)20-13(16-11-12-5-3-2-4-6-12)17-14(18-20)19-7-9-21-10-8-19/h2-6H,7-11H2,1H3,(H,16,17,18). The average Bonchev–Trinajstić information content (AvgIpc) is 3.05. The van der Waals surface area contributed by atoms with E-state index in [1.165, 1.54) is 17.3 Å². The van der Waals surface area contributed by atoms with Crippen LogP contribution in [0.2, 0.25) is 0 Å². The summed E-state index contributed by atoms with van der Waals surface area (Å²) in [6.45, 7) is 3.68. The second-order valence-corrected chi connectivity index (χ2v) is 6.50. The highest BCUT2D eigenvalue weighted by atomic mass is 32.2. The van der Waals surface area contributed by atoms with Crippen LogP contribution < -0.4 is 10.2 Å². The largest absolute Gasteiger partial charge is 0.378 e. The number of thiocarbonyl (C=S) groups is 1. The molecule has 23 heavy (non-hydrogen) atoms. The lowest BCUT2D eigenvalue weighted by Gasteiger charge is -2.25. The van der Waals surface area contributed by atoms with Gasteiger partial charge in [0.05, 0.1) is 13.2 Å². The van der Waals surface area contributed by atoms with E-state index in [1.807, 2.05) is 24.5 Å². The molecule has 1 saturated heterocycles. The molecule has 0 atom stereocenters. The Morgan fingerprint density at radius 1 is 1.30 bits per heavy atom. The van der Waals surface area contributed by atoms with Gasteiger partial charge in [0, 0.05) is 19.6 Å². The van der Waals surface area contributed by atoms with E-state index in [2.05, 4.69) is 32.4 Å². The van der Waals surface area contributed by atoms with Crippen molar-refractivity contribution in [1.82, 2.24) is 14.8 Å². The number of nitrogens with one attached hydrogen (secondary N) is 1. The Balaban J connectivity index is 1.79. The normalized spacial score (nSPS) is 14.7. The first-order chi connectivity index (χ1) is 11.3. The van der Waals surface area contributed by atoms with E-state index in [-0.39, 0.29) is 0 Å². The lowest BCUT2D eigenvalue weighted by atomic mass is 10.2. The summed E-state index contributed by atoms with van der Waals surface area (Å²) in [5, 5.41) is 7.90. The van der Waals surface area contributed by atoms with E-state index < -0.39 is 0 Å². The van der Waals surface area contributed by atoms with Gasteiger partial charge in [-0.3, -0.25) is 0 Å². The highest BCUT2D eigenvalue weighted by Crippen LogP contribution is 2.18. The van der Waals surface area contributed by atoms with Gasteiger partial charge in [0.25, 0.3) is 0 Å². The van der Waals surface area contributed by atoms with Crippen molar-refractivity contribution in [3.05, 3.63) is 35.9 Å². The Labute approximate surface area is 145 Å². The summed E-state index contributed by atoms with van der Waals surface area (Å²) in [6, 6.07) is 10.2. The van der Waals surface area contributed by atoms with Crippen LogP contribution in [0.1, 0.15) is 5.56 Å². The Hall–Kier alpha value is -1.64. The number of nitrogens with zero attached hydrogens (tertiary/aromatic N) is 4. The predicted molar refractivity (Wildman–Crippen MR) is 98.3 cm³/mol. The number of rotatable bonds is 4. The molecule has 0 saturated carbocycles. The first kappa shape index (κ1) is 16.2. The summed E-state index contributed by atoms with van der Waals surface area (Å²) in [6.07, 6.45) is 1.94. The molecule has 0 unspecified atom stereocenters. The van der Waals surface area contributed by atoms with Crippen molar-refractivity contribution in [3.63, 3.8) is 0 Å². The molecule has 0 bridgehead atoms. The van der Waals surface area contributed by atoms with Crippen LogP contribution >= 0.6 is 24.0 Å². The molecule has 122 valence electrons. The molecule has 0 radical (unpaired) electrons. The molecule has 0 spiro atoms. The van der Waals surface area contributed by atoms with Crippen molar-refractivity contribution in [3.8, 4) is 0 Å². The van der Waals surface area contributed by atoms with Gasteiger partial charge in [-0.15, -0.1) is 5.10 Å². The molecule has 6 nitrogen and oxygen atoms in total. The third-order valence-electron chi connectivity index (χ3n) is 3.53. The van der Waals surface area contributed by atoms with E-state index >= 15 is 0 Å². The van der Waals surface area contributed by atoms with Crippen molar-refractivity contribution in [2.75, 3.05) is 42.8 Å². The zero-order chi connectivity index (χ0) is 16.1. The van der Waals surface area contributed by atoms with Crippen LogP contribution in [-0.2, 0) is 11.3 Å². The number of hydrogen-bond donors (Lipinski definition) is 1. The van der Waals surface area contributed by atoms with Gasteiger partial charge in [-0.25, -0.2) is 0 Å². The lowest BCUT2D eigenvalue weighted by Crippen LogP contribution is -2.37. The molecule has 1 fully saturated rings. The van der Waals surface area contributed by atoms with E-state index in [0.29, 0.717) is 36.0 Å². The van der Waals surface area contributed by atoms with Gasteiger partial charge in [-0.1, -0.05) is 54.3 Å². The molecule has 1 aliphatic heterocycles. The fourth-order valence-corrected chi connectivity index (χ4v) is 2.73. The molecule has 1 aromatic carbocycles. The monoisotopic (exact) mass is 349 g/mol. The van der Waals surface area contributed by atoms with Crippen LogP contribution in [0.3, 0.4) is 0 Å². The zero-order valence-electron chi connectivity index (χ0n) is 12.9. The fraction of sp³-hybridized carbons (Fsp3) is 0.400. The van der Waals surface area contributed by atoms with Crippen LogP contribution in [-0.4, -0.2) is 51.6 Å². The Bertz CT molecular complexity index is 655. The van der Waals surface area contributed by atoms with E-state index in [0.717, 1.165) is 13.1 Å². The van der Waals surface area contributed by atoms with Gasteiger partial charge in [-0.05, 0) is 11.8 Å². The maximum atomic E-state index is 5.40. The van der Waals surface area contributed by atoms with Crippen molar-refractivity contribution in [1.29, 1.82) is 0 Å². The summed E-state index contributed by atoms with van der Waals surface area (Å²) >= 11 is 6.88. The third kappa shape index (κ3) is 4.01. The van der Waals surface area contributed by atoms with Gasteiger partial charge < -0.3 is 15.0 Å². The third-order valence-corrected chi connectivity index (χ3v) is 4.73. The highest BCUT2D eigenvalue weighted by Gasteiger charge is 2.19. The molecular formula is C15H19N5OS2. The summed E-state index contributed by atoms with van der Waals surface area (Å²) < 4.78 is 7.76. The summed E-state index contributed by atoms with van der Waals surface area (Å²) in [5.74, 6) is 1.37. The smallest absolute Gasteiger partial charge is 0.247 e. The van der Waals surface area contributed by atoms with Crippen molar-refractivity contribution in [2.24, 2.45) is 0 Å². The minimum atomic E-state index is 0.674. The quantitative estimate of drug-likeness (QED) is 0.850. The Morgan fingerprint density at radius 3 is 2.74 bits per heavy atom. The molecule has 2 aromatic rings. The number of anilines is 2. The van der Waals surface area contributed by atoms with Crippen molar-refractivity contribution in [2.45, 2.75) is 6.54 Å². The van der Waals surface area contributed by atoms with Gasteiger partial charge in [-0.2, -0.15) is 9.67 Å². The van der Waals surface area contributed by atoms with Crippen LogP contribution in [0.15, 0.2) is 30.3 Å². The SMILES string of the molecule is CSC(=S)n1nc(N2CCOCC2)nc1NCc1ccccc1. The second-order valence-electron chi connectivity index (χ2n) is 5.06. The minimum absolute atomic E-state index is 0.674. The summed E-state index contributed by atoms with van der Waals surface area (Å²) in [4.78, 5) is 6.75. The molecule has 2 heterocycles. The van der Waals surface area contributed by atoms with E-state index in [9.17, 15) is 0 Å². The maximum absolute atomic E-state index is 5.40. The van der Waals surface area contributed by atoms with E-state index in [1.54, 1.807) is 4.68 Å². The van der Waals surface area contributed by atoms with Gasteiger partial charge in [0.1, 0.15) is 0 Å². The number of benzene rings is 1. The maximum Gasteiger partial charge on any atom is 0.247 e. The molecular weight excluding hydrogens is 330 g/mol. The molecule has 8 heteroatoms. The summed E-state index contributed by atoms with van der Waals surface area (Å²) in [7, 11) is 0. The molecule has 1 aliphatic rings. The molecule has 3 rings (SSSR count). The number of ether oxygens (including phenoxy) is 1. The molecule has 0 aliphatic carbocycles. The minimum Gasteiger partial charge on any atom is -0.378 e. The van der Waals surface area contributed by atoms with Crippen LogP contribution in [0.25, 0.3) is 0 Å². The first-order valence-corrected chi connectivity index (χ1v) is 9.07. The second kappa shape index (κ2) is 7.76. The van der Waals surface area contributed by atoms with Crippen LogP contribution in [0.5, 0.6) is 0 Å². The molecule has 1 aromatic heterocycles. The predicted octanol–water partition coefficient (Wildman–Crippen LogP) is 2.22. The topological polar surface area (TPSA) is 55.2 Å². The molecule has 1 N–H and O–H groups in total. The first-order valence-electron chi connectivity index (χ1n) is 7.44. The van der Waals surface area contributed by atoms with Crippen molar-refractivity contribution >= 4 is 40.2 Å². The van der Waals surface area contributed by atoms with Gasteiger partial charge in [0.2, 0.25) is 11.9 Å². The summed E-state index contributed by atoms with van der Waals surface area (Å²) in [5.41, 5.74) is 1.19. The lowest BCUT2D eigenvalue weighted by molar-refractivity contribution is 0.122. The number of thioether (sulfide) groups is 1. The average molecular weight is 349 g/mol. The molecule has 0 amide bonds. The Kier molecular flexibility index (Phi) is 5.47. The number of morpholine rings is 1. The number of aromatic nitrogens is 3. The van der Waals surface area contributed by atoms with E-state index in [4.69, 9.17) is 17.0 Å². The zero-order valence-corrected chi connectivity index (χ0v) is 14.6.